The van der Waals surface area contributed by atoms with Gasteiger partial charge >= 0.3 is 10.1 Å². The van der Waals surface area contributed by atoms with Gasteiger partial charge in [-0.3, -0.25) is 20.2 Å². The highest BCUT2D eigenvalue weighted by Gasteiger charge is 2.25. The van der Waals surface area contributed by atoms with Crippen LogP contribution in [0.2, 0.25) is 0 Å². The van der Waals surface area contributed by atoms with Gasteiger partial charge in [-0.25, -0.2) is 0 Å². The van der Waals surface area contributed by atoms with Gasteiger partial charge in [0.05, 0.1) is 15.9 Å². The fourth-order valence-corrected chi connectivity index (χ4v) is 3.24. The Balaban J connectivity index is 2.50. The first-order chi connectivity index (χ1) is 11.1. The Bertz CT molecular complexity index is 938. The topological polar surface area (TPSA) is 130 Å². The van der Waals surface area contributed by atoms with E-state index >= 15 is 0 Å². The van der Waals surface area contributed by atoms with Crippen molar-refractivity contribution in [2.24, 2.45) is 0 Å². The molecule has 0 amide bonds. The molecule has 0 aromatic heterocycles. The van der Waals surface area contributed by atoms with Crippen molar-refractivity contribution in [2.75, 3.05) is 0 Å². The molecule has 2 aromatic carbocycles. The molecule has 126 valence electrons. The van der Waals surface area contributed by atoms with E-state index in [2.05, 4.69) is 0 Å². The number of hydrogen-bond donors (Lipinski definition) is 0. The molecule has 10 heteroatoms. The summed E-state index contributed by atoms with van der Waals surface area (Å²) >= 11 is 0. The number of aryl methyl sites for hydroxylation is 1. The van der Waals surface area contributed by atoms with Crippen LogP contribution in [0.5, 0.6) is 5.75 Å². The average Bonchev–Trinajstić information content (AvgIpc) is 2.49. The van der Waals surface area contributed by atoms with Crippen LogP contribution >= 0.6 is 0 Å². The second-order valence-electron chi connectivity index (χ2n) is 4.93. The summed E-state index contributed by atoms with van der Waals surface area (Å²) in [6, 6.07) is 6.80. The summed E-state index contributed by atoms with van der Waals surface area (Å²) in [7, 11) is -4.39. The second-order valence-corrected chi connectivity index (χ2v) is 6.45. The Labute approximate surface area is 136 Å². The van der Waals surface area contributed by atoms with Gasteiger partial charge in [-0.2, -0.15) is 8.42 Å². The highest BCUT2D eigenvalue weighted by molar-refractivity contribution is 7.87. The first kappa shape index (κ1) is 17.3. The highest BCUT2D eigenvalue weighted by atomic mass is 32.2. The molecular weight excluding hydrogens is 340 g/mol. The molecule has 0 atom stereocenters. The minimum absolute atomic E-state index is 0.257. The number of benzene rings is 2. The van der Waals surface area contributed by atoms with Crippen LogP contribution in [0.1, 0.15) is 11.1 Å². The molecule has 0 unspecified atom stereocenters. The maximum absolute atomic E-state index is 12.4. The lowest BCUT2D eigenvalue weighted by molar-refractivity contribution is -0.385. The molecule has 9 nitrogen and oxygen atoms in total. The molecule has 0 fully saturated rings. The molecule has 0 aliphatic heterocycles. The third kappa shape index (κ3) is 3.49. The second kappa shape index (κ2) is 6.24. The van der Waals surface area contributed by atoms with E-state index in [1.807, 2.05) is 0 Å². The van der Waals surface area contributed by atoms with Crippen LogP contribution in [0.15, 0.2) is 41.3 Å². The van der Waals surface area contributed by atoms with Crippen LogP contribution in [-0.2, 0) is 10.1 Å². The van der Waals surface area contributed by atoms with Gasteiger partial charge in [-0.05, 0) is 31.0 Å². The Morgan fingerprint density at radius 3 is 2.17 bits per heavy atom. The third-order valence-electron chi connectivity index (χ3n) is 3.32. The molecule has 0 aliphatic rings. The van der Waals surface area contributed by atoms with E-state index in [4.69, 9.17) is 4.18 Å². The van der Waals surface area contributed by atoms with Gasteiger partial charge in [0, 0.05) is 18.2 Å². The number of nitrogens with zero attached hydrogens (tertiary/aromatic N) is 2. The van der Waals surface area contributed by atoms with E-state index < -0.39 is 20.0 Å². The predicted octanol–water partition coefficient (Wildman–Crippen LogP) is 2.89. The van der Waals surface area contributed by atoms with Gasteiger partial charge in [0.25, 0.3) is 11.4 Å². The van der Waals surface area contributed by atoms with Crippen LogP contribution < -0.4 is 4.18 Å². The van der Waals surface area contributed by atoms with Crippen molar-refractivity contribution in [3.05, 3.63) is 67.8 Å². The number of hydrogen-bond acceptors (Lipinski definition) is 7. The quantitative estimate of drug-likeness (QED) is 0.459. The van der Waals surface area contributed by atoms with Gasteiger partial charge in [0.2, 0.25) is 0 Å². The molecule has 0 radical (unpaired) electrons. The molecule has 0 aliphatic carbocycles. The summed E-state index contributed by atoms with van der Waals surface area (Å²) in [4.78, 5) is 19.9. The summed E-state index contributed by atoms with van der Waals surface area (Å²) < 4.78 is 29.7. The van der Waals surface area contributed by atoms with Crippen molar-refractivity contribution in [2.45, 2.75) is 18.7 Å². The first-order valence-corrected chi connectivity index (χ1v) is 7.97. The fourth-order valence-electron chi connectivity index (χ4n) is 1.99. The van der Waals surface area contributed by atoms with Crippen LogP contribution in [0.4, 0.5) is 11.4 Å². The molecule has 0 spiro atoms. The van der Waals surface area contributed by atoms with Crippen LogP contribution in [0.25, 0.3) is 0 Å². The Kier molecular flexibility index (Phi) is 4.51. The van der Waals surface area contributed by atoms with E-state index in [1.54, 1.807) is 0 Å². The fraction of sp³-hybridized carbons (Fsp3) is 0.143. The van der Waals surface area contributed by atoms with E-state index in [0.29, 0.717) is 11.1 Å². The van der Waals surface area contributed by atoms with Gasteiger partial charge in [-0.15, -0.1) is 0 Å². The van der Waals surface area contributed by atoms with Crippen LogP contribution in [-0.4, -0.2) is 18.3 Å². The number of nitro groups is 2. The van der Waals surface area contributed by atoms with Crippen molar-refractivity contribution >= 4 is 21.5 Å². The van der Waals surface area contributed by atoms with Gasteiger partial charge in [0.1, 0.15) is 10.6 Å². The minimum atomic E-state index is -4.39. The lowest BCUT2D eigenvalue weighted by Gasteiger charge is -2.11. The standard InChI is InChI=1S/C14H12N2O7S/c1-9-6-12(16(19)20)8-14(10(9)2)24(21,22)23-13-5-3-4-11(7-13)15(17)18/h3-8H,1-2H3. The summed E-state index contributed by atoms with van der Waals surface area (Å²) in [5.41, 5.74) is -0.0228. The monoisotopic (exact) mass is 352 g/mol. The molecule has 24 heavy (non-hydrogen) atoms. The summed E-state index contributed by atoms with van der Waals surface area (Å²) in [5, 5.41) is 21.6. The molecular formula is C14H12N2O7S. The molecule has 0 saturated heterocycles. The van der Waals surface area contributed by atoms with E-state index in [1.165, 1.54) is 38.1 Å². The lowest BCUT2D eigenvalue weighted by atomic mass is 10.1. The molecule has 2 rings (SSSR count). The van der Waals surface area contributed by atoms with Crippen molar-refractivity contribution in [3.63, 3.8) is 0 Å². The molecule has 0 saturated carbocycles. The zero-order valence-electron chi connectivity index (χ0n) is 12.6. The van der Waals surface area contributed by atoms with E-state index in [9.17, 15) is 28.6 Å². The molecule has 0 heterocycles. The zero-order valence-corrected chi connectivity index (χ0v) is 13.4. The van der Waals surface area contributed by atoms with Crippen molar-refractivity contribution in [3.8, 4) is 5.75 Å². The first-order valence-electron chi connectivity index (χ1n) is 6.56. The molecule has 0 N–H and O–H groups in total. The average molecular weight is 352 g/mol. The van der Waals surface area contributed by atoms with Gasteiger partial charge < -0.3 is 4.18 Å². The van der Waals surface area contributed by atoms with Crippen molar-refractivity contribution in [1.29, 1.82) is 0 Å². The van der Waals surface area contributed by atoms with Gasteiger partial charge in [-0.1, -0.05) is 6.07 Å². The zero-order chi connectivity index (χ0) is 18.1. The largest absolute Gasteiger partial charge is 0.379 e. The maximum Gasteiger partial charge on any atom is 0.339 e. The molecule has 2 aromatic rings. The highest BCUT2D eigenvalue weighted by Crippen LogP contribution is 2.29. The van der Waals surface area contributed by atoms with Crippen LogP contribution in [0, 0.1) is 34.1 Å². The van der Waals surface area contributed by atoms with Crippen molar-refractivity contribution in [1.82, 2.24) is 0 Å². The van der Waals surface area contributed by atoms with Gasteiger partial charge in [0.15, 0.2) is 0 Å². The number of nitro benzene ring substituents is 2. The Morgan fingerprint density at radius 1 is 0.958 bits per heavy atom. The minimum Gasteiger partial charge on any atom is -0.379 e. The normalized spacial score (nSPS) is 11.1. The Morgan fingerprint density at radius 2 is 1.58 bits per heavy atom. The summed E-state index contributed by atoms with van der Waals surface area (Å²) in [6.45, 7) is 3.03. The van der Waals surface area contributed by atoms with E-state index in [0.717, 1.165) is 12.1 Å². The maximum atomic E-state index is 12.4. The smallest absolute Gasteiger partial charge is 0.339 e. The van der Waals surface area contributed by atoms with Crippen LogP contribution in [0.3, 0.4) is 0 Å². The SMILES string of the molecule is Cc1cc([N+](=O)[O-])cc(S(=O)(=O)Oc2cccc([N+](=O)[O-])c2)c1C. The van der Waals surface area contributed by atoms with E-state index in [-0.39, 0.29) is 22.0 Å². The van der Waals surface area contributed by atoms with Crippen molar-refractivity contribution < 1.29 is 22.4 Å². The summed E-state index contributed by atoms with van der Waals surface area (Å²) in [5.74, 6) is -0.257. The lowest BCUT2D eigenvalue weighted by Crippen LogP contribution is -2.12. The predicted molar refractivity (Wildman–Crippen MR) is 83.5 cm³/mol. The summed E-state index contributed by atoms with van der Waals surface area (Å²) in [6.07, 6.45) is 0. The molecule has 0 bridgehead atoms. The number of non-ortho nitro benzene ring substituents is 2. The third-order valence-corrected chi connectivity index (χ3v) is 4.69. The number of rotatable bonds is 5. The Hall–Kier alpha value is -3.01.